The second kappa shape index (κ2) is 52.1. The number of thioether (sulfide) groups is 1. The Morgan fingerprint density at radius 3 is 1.70 bits per heavy atom. The van der Waals surface area contributed by atoms with Gasteiger partial charge in [0.1, 0.15) is 78.5 Å². The molecule has 0 bridgehead atoms. The van der Waals surface area contributed by atoms with E-state index in [1.807, 2.05) is 0 Å². The largest absolute Gasteiger partial charge is 0.481 e. The highest BCUT2D eigenvalue weighted by Crippen LogP contribution is 2.26. The number of carbonyl (C=O) groups excluding carboxylic acids is 16. The third kappa shape index (κ3) is 37.4. The number of carboxylic acids is 2. The van der Waals surface area contributed by atoms with E-state index >= 15 is 9.59 Å². The Kier molecular flexibility index (Phi) is 44.7. The molecule has 3 saturated heterocycles. The Morgan fingerprint density at radius 1 is 0.573 bits per heavy atom. The van der Waals surface area contributed by atoms with Crippen molar-refractivity contribution in [2.24, 2.45) is 66.9 Å². The third-order valence-electron chi connectivity index (χ3n) is 17.9. The molecule has 0 aromatic carbocycles. The average Bonchev–Trinajstić information content (AvgIpc) is 1.71. The van der Waals surface area contributed by atoms with Gasteiger partial charge in [-0.3, -0.25) is 101 Å². The highest BCUT2D eigenvalue weighted by Gasteiger charge is 2.43. The minimum atomic E-state index is -1.98. The maximum absolute atomic E-state index is 15.1. The van der Waals surface area contributed by atoms with Gasteiger partial charge in [-0.2, -0.15) is 11.8 Å². The van der Waals surface area contributed by atoms with Gasteiger partial charge in [-0.15, -0.1) is 0 Å². The zero-order valence-corrected chi connectivity index (χ0v) is 68.7. The molecule has 0 saturated carbocycles. The fraction of sp³-hybridized carbons (Fsp3) is 0.691. The highest BCUT2D eigenvalue weighted by molar-refractivity contribution is 8.76. The van der Waals surface area contributed by atoms with Gasteiger partial charge in [-0.25, -0.2) is 0 Å². The summed E-state index contributed by atoms with van der Waals surface area (Å²) in [4.78, 5) is 263. The Hall–Kier alpha value is -10.7. The van der Waals surface area contributed by atoms with Crippen LogP contribution >= 0.6 is 33.3 Å². The summed E-state index contributed by atoms with van der Waals surface area (Å²) in [6.07, 6.45) is -0.204. The van der Waals surface area contributed by atoms with E-state index in [4.69, 9.17) is 40.1 Å². The molecule has 3 aliphatic rings. The first kappa shape index (κ1) is 100. The number of nitrogens with two attached hydrogens (primary N) is 7. The van der Waals surface area contributed by atoms with E-state index in [-0.39, 0.29) is 146 Å². The highest BCUT2D eigenvalue weighted by atomic mass is 33.1. The molecule has 3 rings (SSSR count). The molecule has 0 aliphatic carbocycles. The molecule has 0 spiro atoms. The predicted molar refractivity (Wildman–Crippen MR) is 430 cm³/mol. The van der Waals surface area contributed by atoms with Crippen LogP contribution in [0, 0.1) is 11.8 Å². The number of fused-ring (bicyclic) bond motifs is 1. The predicted octanol–water partition coefficient (Wildman–Crippen LogP) is -9.62. The first-order valence-corrected chi connectivity index (χ1v) is 41.7. The summed E-state index contributed by atoms with van der Waals surface area (Å²) in [5, 5.41) is 61.6. The molecule has 49 heteroatoms. The lowest BCUT2D eigenvalue weighted by atomic mass is 10.0. The molecule has 656 valence electrons. The van der Waals surface area contributed by atoms with Crippen molar-refractivity contribution in [3.05, 3.63) is 0 Å². The molecule has 3 fully saturated rings. The molecule has 0 radical (unpaired) electrons. The minimum absolute atomic E-state index is 0.00269. The lowest BCUT2D eigenvalue weighted by molar-refractivity contribution is -0.146. The van der Waals surface area contributed by atoms with Crippen LogP contribution in [0.25, 0.3) is 0 Å². The average molecular weight is 1720 g/mol. The van der Waals surface area contributed by atoms with Crippen LogP contribution in [0.1, 0.15) is 131 Å². The second-order valence-electron chi connectivity index (χ2n) is 28.5. The van der Waals surface area contributed by atoms with Crippen LogP contribution in [-0.2, 0) is 86.3 Å². The summed E-state index contributed by atoms with van der Waals surface area (Å²) in [5.74, 6) is -21.4. The van der Waals surface area contributed by atoms with Crippen molar-refractivity contribution < 1.29 is 102 Å². The van der Waals surface area contributed by atoms with Crippen molar-refractivity contribution in [1.82, 2.24) is 78.9 Å². The Bertz CT molecular complexity index is 3570. The van der Waals surface area contributed by atoms with Gasteiger partial charge in [0, 0.05) is 51.2 Å². The maximum Gasteiger partial charge on any atom is 0.305 e. The molecular formula is C68H115N25O21S3. The number of carboxylic acid groups (broad SMARTS) is 2. The topological polar surface area (TPSA) is 750 Å². The van der Waals surface area contributed by atoms with Crippen molar-refractivity contribution >= 4 is 158 Å². The molecule has 117 heavy (non-hydrogen) atoms. The number of aliphatic hydroxyl groups is 1. The number of likely N-dealkylation sites (tertiary alicyclic amines) is 1. The number of aliphatic hydroxyl groups excluding tert-OH is 1. The van der Waals surface area contributed by atoms with Crippen LogP contribution < -0.4 is 109 Å². The van der Waals surface area contributed by atoms with Crippen LogP contribution in [0.4, 0.5) is 0 Å². The molecular weight excluding hydrogens is 1600 g/mol. The Balaban J connectivity index is 2.28. The van der Waals surface area contributed by atoms with Crippen LogP contribution in [0.3, 0.4) is 0 Å². The summed E-state index contributed by atoms with van der Waals surface area (Å²) < 4.78 is 0. The number of nitrogens with zero attached hydrogens (tertiary/aromatic N) is 5. The fourth-order valence-corrected chi connectivity index (χ4v) is 15.1. The van der Waals surface area contributed by atoms with Crippen molar-refractivity contribution in [1.29, 1.82) is 0 Å². The number of guanidine groups is 3. The minimum Gasteiger partial charge on any atom is -0.481 e. The SMILES string of the molecule is CSCC[C@@H]1NC(=O)[C@@H](NC(=O)[C@H](CC(C)C)NC(=O)CNC(=O)[C@H](CO)NC(=O)[C@H](CC(=O)O)NC(C)=O)CSSC[C@@H](C(=O)N[C@@H](CC(=O)O)C(=O)N2CCC[C@H]2C(=O)N[C@@H](CCCN=C(N)N)C(N)=O)NC(=O)CNC(=O)[C@H](CCCN=C(N)N)NC(=O)[C@H](CC(C)C)NC(=O)[C@H](CCCN=C(N)N)NC(=O)[C@@H]2CCCN2C1=O. The summed E-state index contributed by atoms with van der Waals surface area (Å²) in [6, 6.07) is -20.3. The Labute approximate surface area is 687 Å². The smallest absolute Gasteiger partial charge is 0.305 e. The number of hydrogen-bond acceptors (Lipinski definition) is 25. The molecule has 3 aliphatic heterocycles. The van der Waals surface area contributed by atoms with Crippen LogP contribution in [-0.4, -0.2) is 304 Å². The number of aliphatic carboxylic acids is 2. The van der Waals surface area contributed by atoms with E-state index in [9.17, 15) is 92.0 Å². The van der Waals surface area contributed by atoms with Gasteiger partial charge in [-0.1, -0.05) is 49.3 Å². The van der Waals surface area contributed by atoms with Gasteiger partial charge >= 0.3 is 11.9 Å². The van der Waals surface area contributed by atoms with E-state index in [2.05, 4.69) is 84.1 Å². The van der Waals surface area contributed by atoms with Gasteiger partial charge in [0.15, 0.2) is 17.9 Å². The van der Waals surface area contributed by atoms with Gasteiger partial charge in [0.2, 0.25) is 94.5 Å². The van der Waals surface area contributed by atoms with Gasteiger partial charge < -0.3 is 134 Å². The number of rotatable bonds is 39. The van der Waals surface area contributed by atoms with Crippen LogP contribution in [0.2, 0.25) is 0 Å². The zero-order chi connectivity index (χ0) is 87.8. The Morgan fingerprint density at radius 2 is 1.13 bits per heavy atom. The van der Waals surface area contributed by atoms with E-state index < -0.39 is 235 Å². The number of primary amides is 1. The monoisotopic (exact) mass is 1710 g/mol. The summed E-state index contributed by atoms with van der Waals surface area (Å²) >= 11 is 1.28. The molecule has 3 heterocycles. The number of carbonyl (C=O) groups is 18. The second-order valence-corrected chi connectivity index (χ2v) is 32.1. The lowest BCUT2D eigenvalue weighted by Gasteiger charge is -2.31. The van der Waals surface area contributed by atoms with Gasteiger partial charge in [0.25, 0.3) is 0 Å². The number of nitrogens with one attached hydrogen (secondary N) is 13. The first-order chi connectivity index (χ1) is 55.2. The van der Waals surface area contributed by atoms with E-state index in [0.717, 1.165) is 33.4 Å². The fourth-order valence-electron chi connectivity index (χ4n) is 12.3. The lowest BCUT2D eigenvalue weighted by Crippen LogP contribution is -2.60. The molecule has 0 unspecified atom stereocenters. The van der Waals surface area contributed by atoms with Crippen molar-refractivity contribution in [3.63, 3.8) is 0 Å². The van der Waals surface area contributed by atoms with Crippen molar-refractivity contribution in [2.45, 2.75) is 209 Å². The summed E-state index contributed by atoms with van der Waals surface area (Å²) in [5.41, 5.74) is 38.8. The number of amides is 16. The summed E-state index contributed by atoms with van der Waals surface area (Å²) in [7, 11) is 1.51. The van der Waals surface area contributed by atoms with Crippen molar-refractivity contribution in [3.8, 4) is 0 Å². The van der Waals surface area contributed by atoms with Crippen molar-refractivity contribution in [2.75, 3.05) is 75.9 Å². The molecule has 16 amide bonds. The first-order valence-electron chi connectivity index (χ1n) is 37.8. The molecule has 0 aromatic rings. The molecule has 46 nitrogen and oxygen atoms in total. The normalized spacial score (nSPS) is 21.3. The molecule has 13 atom stereocenters. The van der Waals surface area contributed by atoms with E-state index in [0.29, 0.717) is 0 Å². The number of hydrogen-bond donors (Lipinski definition) is 23. The van der Waals surface area contributed by atoms with E-state index in [1.54, 1.807) is 34.0 Å². The van der Waals surface area contributed by atoms with Gasteiger partial charge in [0.05, 0.1) is 32.5 Å². The summed E-state index contributed by atoms with van der Waals surface area (Å²) in [6.45, 7) is 4.62. The van der Waals surface area contributed by atoms with E-state index in [1.165, 1.54) is 16.7 Å². The van der Waals surface area contributed by atoms with Gasteiger partial charge in [-0.05, 0) is 107 Å². The maximum atomic E-state index is 15.1. The quantitative estimate of drug-likeness (QED) is 0.0118. The molecule has 0 aromatic heterocycles. The standard InChI is InChI=1S/C68H115N25O21S3/c1-33(2)24-40(82-49(96)28-80-55(104)44(30-94)90-59(108)42(26-51(98)99)81-35(5)95)57(106)91-46-32-117-116-31-45(60(109)89-43(27-52(100)101)65(114)93-22-11-15-47(93)62(111)84-36(53(69)102)12-7-18-76-66(70)71)83-50(97)29-79-54(103)37(13-8-19-77-67(72)73)85-58(107)41(25-34(3)4)88-56(105)38(14-9-20-78-68(74)75)86-63(112)48-16-10-21-92(48)64(113)39(17-23-115-6)87-61(46)110/h33-34,36-48,94H,7-32H2,1-6H3,(H2,69,102)(H,79,103)(H,80,104)(H,81,95)(H,82,96)(H,83,97)(H,84,111)(H,85,107)(H,86,112)(H,87,110)(H,88,105)(H,89,109)(H,90,108)(H,91,106)(H,98,99)(H,100,101)(H4,70,71,76)(H4,72,73,77)(H4,74,75,78)/t36-,37-,38-,39-,40-,41-,42-,43-,44-,45-,46-,47-,48-/m0/s1. The zero-order valence-electron chi connectivity index (χ0n) is 66.2. The van der Waals surface area contributed by atoms with Crippen LogP contribution in [0.15, 0.2) is 15.0 Å². The van der Waals surface area contributed by atoms with Crippen LogP contribution in [0.5, 0.6) is 0 Å². The molecule has 30 N–H and O–H groups in total. The number of aliphatic imine (C=N–C) groups is 3. The third-order valence-corrected chi connectivity index (χ3v) is 21.0.